The molecule has 0 aliphatic heterocycles. The monoisotopic (exact) mass is 440 g/mol. The van der Waals surface area contributed by atoms with Crippen molar-refractivity contribution in [2.75, 3.05) is 14.1 Å². The summed E-state index contributed by atoms with van der Waals surface area (Å²) in [5, 5.41) is 0.611. The Balaban J connectivity index is 1.86. The van der Waals surface area contributed by atoms with Crippen LogP contribution in [0.4, 0.5) is 8.78 Å². The number of nitrogens with one attached hydrogen (secondary N) is 1. The van der Waals surface area contributed by atoms with Gasteiger partial charge in [-0.05, 0) is 12.1 Å². The molecule has 1 N–H and O–H groups in total. The summed E-state index contributed by atoms with van der Waals surface area (Å²) in [5.74, 6) is -3.38. The van der Waals surface area contributed by atoms with Gasteiger partial charge in [0.2, 0.25) is 0 Å². The summed E-state index contributed by atoms with van der Waals surface area (Å²) < 4.78 is 28.1. The lowest BCUT2D eigenvalue weighted by Crippen LogP contribution is -2.29. The number of carbonyl (C=O) groups excluding carboxylic acids is 2. The van der Waals surface area contributed by atoms with Gasteiger partial charge in [-0.25, -0.2) is 13.8 Å². The molecule has 9 heteroatoms. The fourth-order valence-corrected chi connectivity index (χ4v) is 3.57. The molecule has 0 fully saturated rings. The van der Waals surface area contributed by atoms with Crippen LogP contribution in [0.2, 0.25) is 5.02 Å². The van der Waals surface area contributed by atoms with Crippen LogP contribution in [0.25, 0.3) is 33.3 Å². The van der Waals surface area contributed by atoms with Crippen LogP contribution in [0.1, 0.15) is 10.4 Å². The average molecular weight is 441 g/mol. The van der Waals surface area contributed by atoms with Crippen molar-refractivity contribution < 1.29 is 18.4 Å². The standard InChI is InChI=1S/C22H15ClF2N4O2/c1-29(2)22(31)20(30)12-6-11(7-26-8-12)14-9-27-21-17(18(14)23)15(10-28-21)13-4-3-5-16(24)19(13)25/h3-10H,1-2H3,(H,27,28). The molecule has 0 saturated carbocycles. The molecule has 3 aromatic heterocycles. The van der Waals surface area contributed by atoms with E-state index in [1.165, 1.54) is 62.0 Å². The molecule has 1 amide bonds. The van der Waals surface area contributed by atoms with Crippen molar-refractivity contribution in [1.82, 2.24) is 19.9 Å². The van der Waals surface area contributed by atoms with Crippen LogP contribution < -0.4 is 0 Å². The summed E-state index contributed by atoms with van der Waals surface area (Å²) >= 11 is 6.65. The number of pyridine rings is 2. The first-order valence-electron chi connectivity index (χ1n) is 9.11. The molecule has 0 spiro atoms. The van der Waals surface area contributed by atoms with Gasteiger partial charge in [-0.3, -0.25) is 14.6 Å². The zero-order valence-electron chi connectivity index (χ0n) is 16.4. The maximum Gasteiger partial charge on any atom is 0.294 e. The van der Waals surface area contributed by atoms with E-state index >= 15 is 0 Å². The second kappa shape index (κ2) is 7.88. The van der Waals surface area contributed by atoms with Gasteiger partial charge in [-0.15, -0.1) is 0 Å². The average Bonchev–Trinajstić information content (AvgIpc) is 3.19. The minimum absolute atomic E-state index is 0.0331. The molecular weight excluding hydrogens is 426 g/mol. The van der Waals surface area contributed by atoms with Gasteiger partial charge in [0, 0.05) is 72.1 Å². The van der Waals surface area contributed by atoms with Crippen molar-refractivity contribution in [3.05, 3.63) is 71.3 Å². The number of carbonyl (C=O) groups is 2. The van der Waals surface area contributed by atoms with E-state index in [0.717, 1.165) is 6.07 Å². The van der Waals surface area contributed by atoms with Gasteiger partial charge < -0.3 is 9.88 Å². The normalized spacial score (nSPS) is 11.0. The Hall–Kier alpha value is -3.65. The number of rotatable bonds is 4. The van der Waals surface area contributed by atoms with Gasteiger partial charge in [0.1, 0.15) is 5.65 Å². The molecule has 0 aliphatic rings. The number of halogens is 3. The number of fused-ring (bicyclic) bond motifs is 1. The topological polar surface area (TPSA) is 79.0 Å². The SMILES string of the molecule is CN(C)C(=O)C(=O)c1cncc(-c2cnc3[nH]cc(-c4cccc(F)c4F)c3c2Cl)c1. The first kappa shape index (κ1) is 20.6. The van der Waals surface area contributed by atoms with Crippen LogP contribution in [-0.2, 0) is 4.79 Å². The zero-order chi connectivity index (χ0) is 22.3. The van der Waals surface area contributed by atoms with Crippen LogP contribution in [0.3, 0.4) is 0 Å². The highest BCUT2D eigenvalue weighted by Gasteiger charge is 2.21. The number of hydrogen-bond donors (Lipinski definition) is 1. The Bertz CT molecular complexity index is 1350. The number of aromatic nitrogens is 3. The summed E-state index contributed by atoms with van der Waals surface area (Å²) in [5.41, 5.74) is 1.73. The first-order chi connectivity index (χ1) is 14.8. The highest BCUT2D eigenvalue weighted by Crippen LogP contribution is 2.39. The molecule has 0 aliphatic carbocycles. The molecule has 4 aromatic rings. The van der Waals surface area contributed by atoms with Crippen LogP contribution in [0.15, 0.2) is 49.1 Å². The van der Waals surface area contributed by atoms with Crippen molar-refractivity contribution in [2.24, 2.45) is 0 Å². The fourth-order valence-electron chi connectivity index (χ4n) is 3.22. The summed E-state index contributed by atoms with van der Waals surface area (Å²) in [7, 11) is 2.95. The van der Waals surface area contributed by atoms with Crippen molar-refractivity contribution in [3.63, 3.8) is 0 Å². The van der Waals surface area contributed by atoms with Gasteiger partial charge in [-0.1, -0.05) is 23.7 Å². The van der Waals surface area contributed by atoms with Crippen LogP contribution in [-0.4, -0.2) is 45.6 Å². The number of amides is 1. The lowest BCUT2D eigenvalue weighted by Gasteiger charge is -2.10. The maximum atomic E-state index is 14.4. The molecule has 6 nitrogen and oxygen atoms in total. The molecule has 1 aromatic carbocycles. The van der Waals surface area contributed by atoms with Gasteiger partial charge in [0.25, 0.3) is 11.7 Å². The van der Waals surface area contributed by atoms with E-state index in [9.17, 15) is 18.4 Å². The first-order valence-corrected chi connectivity index (χ1v) is 9.48. The molecule has 0 unspecified atom stereocenters. The Morgan fingerprint density at radius 1 is 1.06 bits per heavy atom. The minimum atomic E-state index is -0.999. The number of nitrogens with zero attached hydrogens (tertiary/aromatic N) is 3. The summed E-state index contributed by atoms with van der Waals surface area (Å²) in [6.07, 6.45) is 5.74. The van der Waals surface area contributed by atoms with E-state index in [-0.39, 0.29) is 16.1 Å². The van der Waals surface area contributed by atoms with Crippen molar-refractivity contribution in [1.29, 1.82) is 0 Å². The summed E-state index contributed by atoms with van der Waals surface area (Å²) in [6.45, 7) is 0. The summed E-state index contributed by atoms with van der Waals surface area (Å²) in [4.78, 5) is 36.8. The van der Waals surface area contributed by atoms with E-state index in [0.29, 0.717) is 27.7 Å². The molecular formula is C22H15ClF2N4O2. The lowest BCUT2D eigenvalue weighted by molar-refractivity contribution is -0.124. The second-order valence-corrected chi connectivity index (χ2v) is 7.38. The van der Waals surface area contributed by atoms with E-state index in [1.54, 1.807) is 0 Å². The predicted molar refractivity (Wildman–Crippen MR) is 113 cm³/mol. The van der Waals surface area contributed by atoms with Gasteiger partial charge in [0.05, 0.1) is 5.02 Å². The van der Waals surface area contributed by atoms with E-state index in [4.69, 9.17) is 11.6 Å². The number of Topliss-reactive ketones (excluding diaryl/α,β-unsaturated/α-hetero) is 1. The molecule has 0 saturated heterocycles. The highest BCUT2D eigenvalue weighted by atomic mass is 35.5. The number of hydrogen-bond acceptors (Lipinski definition) is 4. The molecule has 3 heterocycles. The third-order valence-electron chi connectivity index (χ3n) is 4.79. The fraction of sp³-hybridized carbons (Fsp3) is 0.0909. The maximum absolute atomic E-state index is 14.4. The predicted octanol–water partition coefficient (Wildman–Crippen LogP) is 4.49. The van der Waals surface area contributed by atoms with Crippen LogP contribution >= 0.6 is 11.6 Å². The molecule has 4 rings (SSSR count). The van der Waals surface area contributed by atoms with E-state index in [1.807, 2.05) is 0 Å². The molecule has 31 heavy (non-hydrogen) atoms. The molecule has 0 radical (unpaired) electrons. The number of ketones is 1. The number of H-pyrrole nitrogens is 1. The van der Waals surface area contributed by atoms with E-state index in [2.05, 4.69) is 15.0 Å². The van der Waals surface area contributed by atoms with Crippen molar-refractivity contribution >= 4 is 34.3 Å². The third-order valence-corrected chi connectivity index (χ3v) is 5.18. The quantitative estimate of drug-likeness (QED) is 0.374. The summed E-state index contributed by atoms with van der Waals surface area (Å²) in [6, 6.07) is 5.36. The second-order valence-electron chi connectivity index (χ2n) is 7.00. The van der Waals surface area contributed by atoms with Crippen molar-refractivity contribution in [2.45, 2.75) is 0 Å². The smallest absolute Gasteiger partial charge is 0.294 e. The molecule has 0 bridgehead atoms. The number of aromatic amines is 1. The zero-order valence-corrected chi connectivity index (χ0v) is 17.2. The van der Waals surface area contributed by atoms with Gasteiger partial charge in [0.15, 0.2) is 11.6 Å². The number of benzene rings is 1. The van der Waals surface area contributed by atoms with E-state index < -0.39 is 23.3 Å². The van der Waals surface area contributed by atoms with Crippen molar-refractivity contribution in [3.8, 4) is 22.3 Å². The highest BCUT2D eigenvalue weighted by molar-refractivity contribution is 6.43. The van der Waals surface area contributed by atoms with Gasteiger partial charge >= 0.3 is 0 Å². The Morgan fingerprint density at radius 2 is 1.84 bits per heavy atom. The Kier molecular flexibility index (Phi) is 5.24. The lowest BCUT2D eigenvalue weighted by atomic mass is 10.0. The molecule has 0 atom stereocenters. The Labute approximate surface area is 180 Å². The minimum Gasteiger partial charge on any atom is -0.345 e. The van der Waals surface area contributed by atoms with Crippen LogP contribution in [0, 0.1) is 11.6 Å². The van der Waals surface area contributed by atoms with Gasteiger partial charge in [-0.2, -0.15) is 0 Å². The number of likely N-dealkylation sites (N-methyl/N-ethyl adjacent to an activating group) is 1. The largest absolute Gasteiger partial charge is 0.345 e. The van der Waals surface area contributed by atoms with Crippen LogP contribution in [0.5, 0.6) is 0 Å². The Morgan fingerprint density at radius 3 is 2.58 bits per heavy atom. The molecule has 156 valence electrons. The third kappa shape index (κ3) is 3.55.